The number of benzene rings is 1. The summed E-state index contributed by atoms with van der Waals surface area (Å²) in [5.74, 6) is -0.213. The van der Waals surface area contributed by atoms with E-state index in [0.29, 0.717) is 17.9 Å². The number of carbonyl (C=O) groups is 2. The van der Waals surface area contributed by atoms with E-state index in [2.05, 4.69) is 5.32 Å². The van der Waals surface area contributed by atoms with E-state index in [4.69, 9.17) is 15.2 Å². The van der Waals surface area contributed by atoms with Gasteiger partial charge in [0.15, 0.2) is 0 Å². The molecule has 6 nitrogen and oxygen atoms in total. The molecule has 1 aliphatic rings. The van der Waals surface area contributed by atoms with Gasteiger partial charge in [-0.3, -0.25) is 4.79 Å². The monoisotopic (exact) mass is 342 g/mol. The van der Waals surface area contributed by atoms with Gasteiger partial charge in [0.25, 0.3) is 0 Å². The van der Waals surface area contributed by atoms with E-state index in [0.717, 1.165) is 19.3 Å². The van der Waals surface area contributed by atoms with Gasteiger partial charge in [-0.05, 0) is 37.5 Å². The van der Waals surface area contributed by atoms with E-state index in [1.807, 2.05) is 0 Å². The molecule has 2 unspecified atom stereocenters. The van der Waals surface area contributed by atoms with Crippen LogP contribution in [-0.2, 0) is 9.53 Å². The number of hydrogen-bond acceptors (Lipinski definition) is 5. The Hall–Kier alpha value is -1.79. The van der Waals surface area contributed by atoms with Gasteiger partial charge in [-0.25, -0.2) is 4.79 Å². The van der Waals surface area contributed by atoms with Crippen LogP contribution in [0.4, 0.5) is 5.69 Å². The lowest BCUT2D eigenvalue weighted by Crippen LogP contribution is -2.34. The molecule has 1 aromatic carbocycles. The third kappa shape index (κ3) is 4.84. The quantitative estimate of drug-likeness (QED) is 0.820. The molecule has 23 heavy (non-hydrogen) atoms. The maximum atomic E-state index is 12.4. The fraction of sp³-hybridized carbons (Fsp3) is 0.500. The van der Waals surface area contributed by atoms with Crippen molar-refractivity contribution in [2.24, 2.45) is 11.7 Å². The van der Waals surface area contributed by atoms with Gasteiger partial charge in [-0.1, -0.05) is 6.42 Å². The minimum absolute atomic E-state index is 0. The lowest BCUT2D eigenvalue weighted by atomic mass is 9.85. The van der Waals surface area contributed by atoms with Crippen LogP contribution in [0.1, 0.15) is 36.0 Å². The van der Waals surface area contributed by atoms with Gasteiger partial charge in [0, 0.05) is 12.0 Å². The Kier molecular flexibility index (Phi) is 7.32. The zero-order chi connectivity index (χ0) is 16.1. The van der Waals surface area contributed by atoms with Crippen LogP contribution in [0.2, 0.25) is 0 Å². The molecule has 0 spiro atoms. The van der Waals surface area contributed by atoms with E-state index in [9.17, 15) is 9.59 Å². The lowest BCUT2D eigenvalue weighted by molar-refractivity contribution is -0.120. The summed E-state index contributed by atoms with van der Waals surface area (Å²) < 4.78 is 9.86. The largest absolute Gasteiger partial charge is 0.497 e. The van der Waals surface area contributed by atoms with Crippen molar-refractivity contribution in [3.05, 3.63) is 23.8 Å². The van der Waals surface area contributed by atoms with Crippen LogP contribution >= 0.6 is 12.4 Å². The third-order valence-electron chi connectivity index (χ3n) is 3.98. The molecule has 0 aromatic heterocycles. The molecule has 0 aliphatic heterocycles. The molecule has 0 heterocycles. The van der Waals surface area contributed by atoms with E-state index in [1.54, 1.807) is 18.2 Å². The molecule has 7 heteroatoms. The van der Waals surface area contributed by atoms with Crippen molar-refractivity contribution in [1.29, 1.82) is 0 Å². The predicted octanol–water partition coefficient (Wildman–Crippen LogP) is 2.36. The number of nitrogens with one attached hydrogen (secondary N) is 1. The fourth-order valence-electron chi connectivity index (χ4n) is 2.74. The van der Waals surface area contributed by atoms with Crippen molar-refractivity contribution < 1.29 is 19.1 Å². The second-order valence-electron chi connectivity index (χ2n) is 5.52. The van der Waals surface area contributed by atoms with E-state index < -0.39 is 5.97 Å². The smallest absolute Gasteiger partial charge is 0.340 e. The van der Waals surface area contributed by atoms with Gasteiger partial charge in [0.2, 0.25) is 5.91 Å². The average molecular weight is 343 g/mol. The molecule has 1 fully saturated rings. The number of methoxy groups -OCH3 is 2. The maximum absolute atomic E-state index is 12.4. The molecular formula is C16H23ClN2O4. The number of halogens is 1. The minimum atomic E-state index is -0.519. The van der Waals surface area contributed by atoms with Crippen molar-refractivity contribution in [2.75, 3.05) is 19.5 Å². The molecule has 0 radical (unpaired) electrons. The summed E-state index contributed by atoms with van der Waals surface area (Å²) in [6.45, 7) is 0. The van der Waals surface area contributed by atoms with Crippen LogP contribution in [-0.4, -0.2) is 32.1 Å². The molecule has 128 valence electrons. The average Bonchev–Trinajstić information content (AvgIpc) is 2.54. The van der Waals surface area contributed by atoms with Gasteiger partial charge >= 0.3 is 5.97 Å². The minimum Gasteiger partial charge on any atom is -0.497 e. The first kappa shape index (κ1) is 19.3. The lowest BCUT2D eigenvalue weighted by Gasteiger charge is -2.26. The Morgan fingerprint density at radius 1 is 1.26 bits per heavy atom. The van der Waals surface area contributed by atoms with Gasteiger partial charge in [0.05, 0.1) is 25.5 Å². The highest BCUT2D eigenvalue weighted by atomic mass is 35.5. The number of anilines is 1. The Bertz CT molecular complexity index is 565. The number of carbonyl (C=O) groups excluding carboxylic acids is 2. The molecule has 1 aromatic rings. The SMILES string of the molecule is COC(=O)c1cc(OC)ccc1NC(=O)C1CCCC(N)C1.Cl. The molecule has 3 N–H and O–H groups in total. The molecule has 2 atom stereocenters. The van der Waals surface area contributed by atoms with Gasteiger partial charge in [-0.15, -0.1) is 12.4 Å². The summed E-state index contributed by atoms with van der Waals surface area (Å²) >= 11 is 0. The summed E-state index contributed by atoms with van der Waals surface area (Å²) in [6, 6.07) is 4.95. The van der Waals surface area contributed by atoms with E-state index in [-0.39, 0.29) is 35.8 Å². The molecule has 1 saturated carbocycles. The maximum Gasteiger partial charge on any atom is 0.340 e. The van der Waals surface area contributed by atoms with Gasteiger partial charge < -0.3 is 20.5 Å². The first-order chi connectivity index (χ1) is 10.5. The fourth-order valence-corrected chi connectivity index (χ4v) is 2.74. The van der Waals surface area contributed by atoms with Crippen molar-refractivity contribution in [2.45, 2.75) is 31.7 Å². The number of nitrogens with two attached hydrogens (primary N) is 1. The molecule has 0 bridgehead atoms. The first-order valence-electron chi connectivity index (χ1n) is 7.38. The second-order valence-corrected chi connectivity index (χ2v) is 5.52. The normalized spacial score (nSPS) is 20.1. The van der Waals surface area contributed by atoms with Crippen LogP contribution in [0.5, 0.6) is 5.75 Å². The summed E-state index contributed by atoms with van der Waals surface area (Å²) in [7, 11) is 2.81. The Morgan fingerprint density at radius 2 is 2.00 bits per heavy atom. The van der Waals surface area contributed by atoms with Crippen LogP contribution in [0.25, 0.3) is 0 Å². The highest BCUT2D eigenvalue weighted by Gasteiger charge is 2.26. The van der Waals surface area contributed by atoms with Gasteiger partial charge in [-0.2, -0.15) is 0 Å². The first-order valence-corrected chi connectivity index (χ1v) is 7.38. The highest BCUT2D eigenvalue weighted by molar-refractivity contribution is 6.02. The summed E-state index contributed by atoms with van der Waals surface area (Å²) in [5, 5.41) is 2.82. The molecule has 1 aliphatic carbocycles. The Balaban J connectivity index is 0.00000264. The van der Waals surface area contributed by atoms with Gasteiger partial charge in [0.1, 0.15) is 5.75 Å². The van der Waals surface area contributed by atoms with Crippen LogP contribution in [0, 0.1) is 5.92 Å². The highest BCUT2D eigenvalue weighted by Crippen LogP contribution is 2.27. The van der Waals surface area contributed by atoms with E-state index >= 15 is 0 Å². The number of esters is 1. The zero-order valence-electron chi connectivity index (χ0n) is 13.3. The standard InChI is InChI=1S/C16H22N2O4.ClH/c1-21-12-6-7-14(13(9-12)16(20)22-2)18-15(19)10-4-3-5-11(17)8-10;/h6-7,9-11H,3-5,8,17H2,1-2H3,(H,18,19);1H. The summed E-state index contributed by atoms with van der Waals surface area (Å²) in [5.41, 5.74) is 6.62. The number of amides is 1. The summed E-state index contributed by atoms with van der Waals surface area (Å²) in [4.78, 5) is 24.2. The zero-order valence-corrected chi connectivity index (χ0v) is 14.2. The number of ether oxygens (including phenoxy) is 2. The number of hydrogen-bond donors (Lipinski definition) is 2. The predicted molar refractivity (Wildman–Crippen MR) is 90.1 cm³/mol. The summed E-state index contributed by atoms with van der Waals surface area (Å²) in [6.07, 6.45) is 3.41. The van der Waals surface area contributed by atoms with Crippen molar-refractivity contribution in [1.82, 2.24) is 0 Å². The topological polar surface area (TPSA) is 90.6 Å². The molecular weight excluding hydrogens is 320 g/mol. The van der Waals surface area contributed by atoms with Crippen LogP contribution in [0.3, 0.4) is 0 Å². The van der Waals surface area contributed by atoms with Crippen LogP contribution in [0.15, 0.2) is 18.2 Å². The Morgan fingerprint density at radius 3 is 2.61 bits per heavy atom. The van der Waals surface area contributed by atoms with Crippen molar-refractivity contribution in [3.63, 3.8) is 0 Å². The van der Waals surface area contributed by atoms with E-state index in [1.165, 1.54) is 14.2 Å². The van der Waals surface area contributed by atoms with Crippen molar-refractivity contribution in [3.8, 4) is 5.75 Å². The third-order valence-corrected chi connectivity index (χ3v) is 3.98. The number of rotatable bonds is 4. The molecule has 2 rings (SSSR count). The van der Waals surface area contributed by atoms with Crippen molar-refractivity contribution >= 4 is 30.0 Å². The molecule has 1 amide bonds. The molecule has 0 saturated heterocycles. The second kappa shape index (κ2) is 8.74. The van der Waals surface area contributed by atoms with Crippen LogP contribution < -0.4 is 15.8 Å². The Labute approximate surface area is 142 Å².